The fourth-order valence-electron chi connectivity index (χ4n) is 1.66. The summed E-state index contributed by atoms with van der Waals surface area (Å²) < 4.78 is 18.6. The Morgan fingerprint density at radius 3 is 2.94 bits per heavy atom. The van der Waals surface area contributed by atoms with E-state index in [0.29, 0.717) is 17.7 Å². The summed E-state index contributed by atoms with van der Waals surface area (Å²) in [6.07, 6.45) is 3.69. The van der Waals surface area contributed by atoms with Crippen molar-refractivity contribution in [3.8, 4) is 0 Å². The second-order valence-electron chi connectivity index (χ2n) is 3.45. The Hall–Kier alpha value is -1.68. The maximum absolute atomic E-state index is 13.4. The second-order valence-corrected chi connectivity index (χ2v) is 3.45. The van der Waals surface area contributed by atoms with Crippen molar-refractivity contribution in [2.75, 3.05) is 0 Å². The fourth-order valence-corrected chi connectivity index (χ4v) is 1.66. The lowest BCUT2D eigenvalue weighted by atomic mass is 10.0. The first-order valence-electron chi connectivity index (χ1n) is 5.07. The Bertz CT molecular complexity index is 481. The molecule has 0 saturated heterocycles. The van der Waals surface area contributed by atoms with Crippen molar-refractivity contribution in [1.29, 1.82) is 0 Å². The van der Waals surface area contributed by atoms with E-state index in [-0.39, 0.29) is 5.56 Å². The van der Waals surface area contributed by atoms with E-state index in [2.05, 4.69) is 4.98 Å². The number of nitrogens with zero attached hydrogens (tertiary/aromatic N) is 1. The van der Waals surface area contributed by atoms with Crippen LogP contribution >= 0.6 is 0 Å². The molecule has 1 atom stereocenters. The quantitative estimate of drug-likeness (QED) is 0.865. The third-order valence-electron chi connectivity index (χ3n) is 2.49. The van der Waals surface area contributed by atoms with E-state index >= 15 is 0 Å². The standard InChI is InChI=1S/C12H12FNO2/c1-2-11-9(4-6-16-11)12(15)8-3-5-14-7-10(8)13/h3-7,12,15H,2H2,1H3. The largest absolute Gasteiger partial charge is 0.469 e. The van der Waals surface area contributed by atoms with E-state index in [4.69, 9.17) is 4.42 Å². The molecule has 2 aromatic heterocycles. The van der Waals surface area contributed by atoms with Crippen molar-refractivity contribution in [2.24, 2.45) is 0 Å². The van der Waals surface area contributed by atoms with Crippen molar-refractivity contribution in [3.05, 3.63) is 53.5 Å². The Balaban J connectivity index is 2.39. The van der Waals surface area contributed by atoms with Gasteiger partial charge in [0.25, 0.3) is 0 Å². The molecule has 2 rings (SSSR count). The highest BCUT2D eigenvalue weighted by atomic mass is 19.1. The third kappa shape index (κ3) is 1.84. The molecule has 2 aromatic rings. The Morgan fingerprint density at radius 2 is 2.25 bits per heavy atom. The van der Waals surface area contributed by atoms with E-state index in [0.717, 1.165) is 6.20 Å². The number of furan rings is 1. The van der Waals surface area contributed by atoms with Crippen LogP contribution in [0.1, 0.15) is 29.9 Å². The molecular formula is C12H12FNO2. The summed E-state index contributed by atoms with van der Waals surface area (Å²) in [6, 6.07) is 3.12. The summed E-state index contributed by atoms with van der Waals surface area (Å²) >= 11 is 0. The summed E-state index contributed by atoms with van der Waals surface area (Å²) in [7, 11) is 0. The molecule has 0 aromatic carbocycles. The van der Waals surface area contributed by atoms with Crippen LogP contribution in [0.25, 0.3) is 0 Å². The van der Waals surface area contributed by atoms with Crippen LogP contribution in [0.3, 0.4) is 0 Å². The van der Waals surface area contributed by atoms with Gasteiger partial charge in [-0.1, -0.05) is 6.92 Å². The molecule has 0 amide bonds. The topological polar surface area (TPSA) is 46.3 Å². The second kappa shape index (κ2) is 4.45. The van der Waals surface area contributed by atoms with Gasteiger partial charge in [0, 0.05) is 23.7 Å². The van der Waals surface area contributed by atoms with E-state index in [9.17, 15) is 9.50 Å². The number of aliphatic hydroxyl groups is 1. The van der Waals surface area contributed by atoms with Gasteiger partial charge in [0.05, 0.1) is 12.5 Å². The molecule has 0 spiro atoms. The fraction of sp³-hybridized carbons (Fsp3) is 0.250. The zero-order valence-corrected chi connectivity index (χ0v) is 8.85. The first-order valence-corrected chi connectivity index (χ1v) is 5.07. The molecule has 1 N–H and O–H groups in total. The summed E-state index contributed by atoms with van der Waals surface area (Å²) in [6.45, 7) is 1.91. The average molecular weight is 221 g/mol. The number of hydrogen-bond donors (Lipinski definition) is 1. The number of aliphatic hydroxyl groups excluding tert-OH is 1. The van der Waals surface area contributed by atoms with E-state index in [1.807, 2.05) is 6.92 Å². The van der Waals surface area contributed by atoms with Gasteiger partial charge in [-0.15, -0.1) is 0 Å². The highest BCUT2D eigenvalue weighted by molar-refractivity contribution is 5.30. The third-order valence-corrected chi connectivity index (χ3v) is 2.49. The molecule has 1 unspecified atom stereocenters. The first kappa shape index (κ1) is 10.8. The van der Waals surface area contributed by atoms with E-state index < -0.39 is 11.9 Å². The molecule has 0 saturated carbocycles. The summed E-state index contributed by atoms with van der Waals surface area (Å²) in [5.41, 5.74) is 0.818. The predicted octanol–water partition coefficient (Wildman–Crippen LogP) is 2.46. The van der Waals surface area contributed by atoms with E-state index in [1.54, 1.807) is 6.07 Å². The van der Waals surface area contributed by atoms with Crippen molar-refractivity contribution in [3.63, 3.8) is 0 Å². The van der Waals surface area contributed by atoms with Crippen LogP contribution in [0.5, 0.6) is 0 Å². The average Bonchev–Trinajstić information content (AvgIpc) is 2.77. The molecule has 16 heavy (non-hydrogen) atoms. The molecule has 0 bridgehead atoms. The van der Waals surface area contributed by atoms with Gasteiger partial charge >= 0.3 is 0 Å². The molecular weight excluding hydrogens is 209 g/mol. The molecule has 0 aliphatic carbocycles. The molecule has 4 heteroatoms. The normalized spacial score (nSPS) is 12.7. The Morgan fingerprint density at radius 1 is 1.44 bits per heavy atom. The highest BCUT2D eigenvalue weighted by Gasteiger charge is 2.19. The molecule has 3 nitrogen and oxygen atoms in total. The van der Waals surface area contributed by atoms with Crippen LogP contribution in [-0.4, -0.2) is 10.1 Å². The zero-order chi connectivity index (χ0) is 11.5. The van der Waals surface area contributed by atoms with Crippen LogP contribution < -0.4 is 0 Å². The maximum atomic E-state index is 13.4. The van der Waals surface area contributed by atoms with Gasteiger partial charge in [0.15, 0.2) is 0 Å². The van der Waals surface area contributed by atoms with Crippen molar-refractivity contribution in [2.45, 2.75) is 19.4 Å². The minimum absolute atomic E-state index is 0.214. The van der Waals surface area contributed by atoms with Crippen LogP contribution in [0.4, 0.5) is 4.39 Å². The molecule has 2 heterocycles. The van der Waals surface area contributed by atoms with Crippen LogP contribution in [0.15, 0.2) is 35.2 Å². The van der Waals surface area contributed by atoms with Crippen molar-refractivity contribution < 1.29 is 13.9 Å². The summed E-state index contributed by atoms with van der Waals surface area (Å²) in [4.78, 5) is 3.64. The van der Waals surface area contributed by atoms with Crippen LogP contribution in [0.2, 0.25) is 0 Å². The number of pyridine rings is 1. The number of aryl methyl sites for hydroxylation is 1. The van der Waals surface area contributed by atoms with Crippen LogP contribution in [-0.2, 0) is 6.42 Å². The molecule has 84 valence electrons. The SMILES string of the molecule is CCc1occc1C(O)c1ccncc1F. The minimum atomic E-state index is -1.00. The molecule has 0 aliphatic heterocycles. The molecule has 0 fully saturated rings. The van der Waals surface area contributed by atoms with Gasteiger partial charge in [-0.3, -0.25) is 4.98 Å². The molecule has 0 aliphatic rings. The number of halogens is 1. The number of aromatic nitrogens is 1. The monoisotopic (exact) mass is 221 g/mol. The Kier molecular flexibility index (Phi) is 3.01. The lowest BCUT2D eigenvalue weighted by molar-refractivity contribution is 0.212. The van der Waals surface area contributed by atoms with Gasteiger partial charge in [0.2, 0.25) is 0 Å². The minimum Gasteiger partial charge on any atom is -0.469 e. The predicted molar refractivity (Wildman–Crippen MR) is 56.3 cm³/mol. The number of rotatable bonds is 3. The number of hydrogen-bond acceptors (Lipinski definition) is 3. The smallest absolute Gasteiger partial charge is 0.147 e. The van der Waals surface area contributed by atoms with Gasteiger partial charge in [-0.05, 0) is 12.1 Å². The summed E-state index contributed by atoms with van der Waals surface area (Å²) in [5.74, 6) is 0.155. The van der Waals surface area contributed by atoms with Gasteiger partial charge in [-0.25, -0.2) is 4.39 Å². The van der Waals surface area contributed by atoms with E-state index in [1.165, 1.54) is 18.5 Å². The van der Waals surface area contributed by atoms with Crippen molar-refractivity contribution in [1.82, 2.24) is 4.98 Å². The lowest BCUT2D eigenvalue weighted by Gasteiger charge is -2.11. The maximum Gasteiger partial charge on any atom is 0.147 e. The highest BCUT2D eigenvalue weighted by Crippen LogP contribution is 2.27. The van der Waals surface area contributed by atoms with Gasteiger partial charge < -0.3 is 9.52 Å². The van der Waals surface area contributed by atoms with Crippen LogP contribution in [0, 0.1) is 5.82 Å². The van der Waals surface area contributed by atoms with Gasteiger partial charge in [-0.2, -0.15) is 0 Å². The first-order chi connectivity index (χ1) is 7.74. The zero-order valence-electron chi connectivity index (χ0n) is 8.85. The lowest BCUT2D eigenvalue weighted by Crippen LogP contribution is -2.04. The van der Waals surface area contributed by atoms with Gasteiger partial charge in [0.1, 0.15) is 17.7 Å². The summed E-state index contributed by atoms with van der Waals surface area (Å²) in [5, 5.41) is 10.0. The van der Waals surface area contributed by atoms with Crippen molar-refractivity contribution >= 4 is 0 Å². The molecule has 0 radical (unpaired) electrons. The Labute approximate surface area is 92.6 Å².